The number of alkyl halides is 4. The second-order valence-corrected chi connectivity index (χ2v) is 5.47. The van der Waals surface area contributed by atoms with Gasteiger partial charge >= 0.3 is 6.18 Å². The maximum Gasteiger partial charge on any atom is 0.419 e. The molecule has 112 valence electrons. The summed E-state index contributed by atoms with van der Waals surface area (Å²) >= 11 is 11.9. The van der Waals surface area contributed by atoms with Crippen molar-refractivity contribution in [2.24, 2.45) is 0 Å². The fourth-order valence-electron chi connectivity index (χ4n) is 1.99. The third-order valence-corrected chi connectivity index (χ3v) is 3.60. The van der Waals surface area contributed by atoms with Crippen LogP contribution in [0.15, 0.2) is 42.5 Å². The van der Waals surface area contributed by atoms with E-state index in [0.717, 1.165) is 11.6 Å². The Labute approximate surface area is 129 Å². The minimum Gasteiger partial charge on any atom is -0.206 e. The summed E-state index contributed by atoms with van der Waals surface area (Å²) in [6, 6.07) is 9.83. The molecule has 1 unspecified atom stereocenters. The minimum atomic E-state index is -4.74. The van der Waals surface area contributed by atoms with E-state index in [1.54, 1.807) is 24.3 Å². The SMILES string of the molecule is Fc1c(C(Cl)Cc2cccc(Cl)c2)cccc1C(F)(F)F. The number of hydrogen-bond donors (Lipinski definition) is 0. The van der Waals surface area contributed by atoms with E-state index >= 15 is 0 Å². The van der Waals surface area contributed by atoms with Gasteiger partial charge < -0.3 is 0 Å². The van der Waals surface area contributed by atoms with Crippen molar-refractivity contribution in [3.8, 4) is 0 Å². The molecule has 2 aromatic carbocycles. The van der Waals surface area contributed by atoms with Gasteiger partial charge in [-0.3, -0.25) is 0 Å². The molecule has 0 bridgehead atoms. The highest BCUT2D eigenvalue weighted by molar-refractivity contribution is 6.30. The molecule has 6 heteroatoms. The van der Waals surface area contributed by atoms with Crippen molar-refractivity contribution in [2.45, 2.75) is 18.0 Å². The molecular formula is C15H10Cl2F4. The van der Waals surface area contributed by atoms with Gasteiger partial charge in [0.05, 0.1) is 10.9 Å². The van der Waals surface area contributed by atoms with Crippen LogP contribution in [0.2, 0.25) is 5.02 Å². The van der Waals surface area contributed by atoms with Crippen LogP contribution in [0.1, 0.15) is 22.1 Å². The van der Waals surface area contributed by atoms with Crippen LogP contribution in [0.4, 0.5) is 17.6 Å². The third kappa shape index (κ3) is 3.89. The van der Waals surface area contributed by atoms with Gasteiger partial charge in [0.1, 0.15) is 5.82 Å². The minimum absolute atomic E-state index is 0.175. The Morgan fingerprint density at radius 3 is 2.33 bits per heavy atom. The highest BCUT2D eigenvalue weighted by Crippen LogP contribution is 2.36. The molecule has 2 aromatic rings. The van der Waals surface area contributed by atoms with Gasteiger partial charge in [0, 0.05) is 10.6 Å². The Morgan fingerprint density at radius 2 is 1.71 bits per heavy atom. The van der Waals surface area contributed by atoms with Crippen LogP contribution in [0.25, 0.3) is 0 Å². The molecule has 0 spiro atoms. The van der Waals surface area contributed by atoms with Crippen LogP contribution in [-0.4, -0.2) is 0 Å². The van der Waals surface area contributed by atoms with E-state index in [1.165, 1.54) is 6.07 Å². The first kappa shape index (κ1) is 16.1. The molecule has 0 aliphatic carbocycles. The fraction of sp³-hybridized carbons (Fsp3) is 0.200. The van der Waals surface area contributed by atoms with E-state index in [0.29, 0.717) is 11.1 Å². The molecule has 0 fully saturated rings. The summed E-state index contributed by atoms with van der Waals surface area (Å²) in [7, 11) is 0. The zero-order valence-electron chi connectivity index (χ0n) is 10.6. The quantitative estimate of drug-likeness (QED) is 0.474. The molecule has 0 aliphatic heterocycles. The molecule has 0 radical (unpaired) electrons. The standard InChI is InChI=1S/C15H10Cl2F4/c16-10-4-1-3-9(7-10)8-13(17)11-5-2-6-12(14(11)18)15(19,20)21/h1-7,13H,8H2. The predicted molar refractivity (Wildman–Crippen MR) is 75.2 cm³/mol. The van der Waals surface area contributed by atoms with Gasteiger partial charge in [-0.15, -0.1) is 11.6 Å². The molecule has 0 aromatic heterocycles. The lowest BCUT2D eigenvalue weighted by Crippen LogP contribution is -2.11. The first-order valence-electron chi connectivity index (χ1n) is 6.03. The van der Waals surface area contributed by atoms with E-state index in [2.05, 4.69) is 0 Å². The summed E-state index contributed by atoms with van der Waals surface area (Å²) in [4.78, 5) is 0. The molecule has 0 saturated heterocycles. The van der Waals surface area contributed by atoms with Crippen molar-refractivity contribution in [3.63, 3.8) is 0 Å². The molecule has 0 heterocycles. The van der Waals surface area contributed by atoms with Crippen LogP contribution in [0.3, 0.4) is 0 Å². The molecule has 0 saturated carbocycles. The highest BCUT2D eigenvalue weighted by atomic mass is 35.5. The topological polar surface area (TPSA) is 0 Å². The van der Waals surface area contributed by atoms with Crippen molar-refractivity contribution in [1.82, 2.24) is 0 Å². The van der Waals surface area contributed by atoms with Gasteiger partial charge in [0.25, 0.3) is 0 Å². The van der Waals surface area contributed by atoms with Crippen molar-refractivity contribution in [1.29, 1.82) is 0 Å². The summed E-state index contributed by atoms with van der Waals surface area (Å²) in [5, 5.41) is -0.424. The molecule has 2 rings (SSSR count). The van der Waals surface area contributed by atoms with E-state index < -0.39 is 22.9 Å². The smallest absolute Gasteiger partial charge is 0.206 e. The summed E-state index contributed by atoms with van der Waals surface area (Å²) < 4.78 is 52.0. The third-order valence-electron chi connectivity index (χ3n) is 2.98. The molecule has 0 amide bonds. The first-order valence-corrected chi connectivity index (χ1v) is 6.84. The lowest BCUT2D eigenvalue weighted by atomic mass is 10.0. The van der Waals surface area contributed by atoms with Crippen molar-refractivity contribution in [2.75, 3.05) is 0 Å². The summed E-state index contributed by atoms with van der Waals surface area (Å²) in [6.45, 7) is 0. The fourth-order valence-corrected chi connectivity index (χ4v) is 2.55. The zero-order valence-corrected chi connectivity index (χ0v) is 12.1. The van der Waals surface area contributed by atoms with Gasteiger partial charge in [0.15, 0.2) is 0 Å². The van der Waals surface area contributed by atoms with E-state index in [-0.39, 0.29) is 12.0 Å². The maximum absolute atomic E-state index is 14.0. The normalized spacial score (nSPS) is 13.2. The number of hydrogen-bond acceptors (Lipinski definition) is 0. The van der Waals surface area contributed by atoms with E-state index in [1.807, 2.05) is 0 Å². The number of rotatable bonds is 3. The number of halogens is 6. The molecule has 21 heavy (non-hydrogen) atoms. The maximum atomic E-state index is 14.0. The average molecular weight is 337 g/mol. The van der Waals surface area contributed by atoms with Crippen molar-refractivity contribution >= 4 is 23.2 Å². The average Bonchev–Trinajstić information content (AvgIpc) is 2.37. The second kappa shape index (κ2) is 6.24. The van der Waals surface area contributed by atoms with Gasteiger partial charge in [-0.25, -0.2) is 4.39 Å². The van der Waals surface area contributed by atoms with Crippen LogP contribution in [0.5, 0.6) is 0 Å². The Morgan fingerprint density at radius 1 is 1.05 bits per heavy atom. The van der Waals surface area contributed by atoms with Gasteiger partial charge in [-0.2, -0.15) is 13.2 Å². The Bertz CT molecular complexity index is 638. The Kier molecular flexibility index (Phi) is 4.79. The molecule has 0 N–H and O–H groups in total. The van der Waals surface area contributed by atoms with Gasteiger partial charge in [-0.1, -0.05) is 35.9 Å². The lowest BCUT2D eigenvalue weighted by molar-refractivity contribution is -0.140. The Balaban J connectivity index is 2.30. The largest absolute Gasteiger partial charge is 0.419 e. The lowest BCUT2D eigenvalue weighted by Gasteiger charge is -2.15. The van der Waals surface area contributed by atoms with Crippen LogP contribution >= 0.6 is 23.2 Å². The van der Waals surface area contributed by atoms with Crippen LogP contribution < -0.4 is 0 Å². The Hall–Kier alpha value is -1.26. The predicted octanol–water partition coefficient (Wildman–Crippen LogP) is 6.02. The molecular weight excluding hydrogens is 327 g/mol. The summed E-state index contributed by atoms with van der Waals surface area (Å²) in [5.74, 6) is -1.33. The summed E-state index contributed by atoms with van der Waals surface area (Å²) in [5.41, 5.74) is -0.762. The zero-order chi connectivity index (χ0) is 15.6. The highest BCUT2D eigenvalue weighted by Gasteiger charge is 2.35. The van der Waals surface area contributed by atoms with E-state index in [4.69, 9.17) is 23.2 Å². The van der Waals surface area contributed by atoms with Gasteiger partial charge in [-0.05, 0) is 30.2 Å². The van der Waals surface area contributed by atoms with Crippen LogP contribution in [-0.2, 0) is 12.6 Å². The first-order chi connectivity index (χ1) is 9.79. The molecule has 1 atom stereocenters. The van der Waals surface area contributed by atoms with Crippen molar-refractivity contribution in [3.05, 3.63) is 70.0 Å². The van der Waals surface area contributed by atoms with Gasteiger partial charge in [0.2, 0.25) is 0 Å². The summed E-state index contributed by atoms with van der Waals surface area (Å²) in [6.07, 6.45) is -4.56. The molecule has 0 nitrogen and oxygen atoms in total. The van der Waals surface area contributed by atoms with Crippen LogP contribution in [0, 0.1) is 5.82 Å². The van der Waals surface area contributed by atoms with E-state index in [9.17, 15) is 17.6 Å². The second-order valence-electron chi connectivity index (χ2n) is 4.51. The molecule has 0 aliphatic rings. The number of benzene rings is 2. The van der Waals surface area contributed by atoms with Crippen molar-refractivity contribution < 1.29 is 17.6 Å². The monoisotopic (exact) mass is 336 g/mol.